The normalized spacial score (nSPS) is 13.2. The number of thioether (sulfide) groups is 1. The van der Waals surface area contributed by atoms with Gasteiger partial charge >= 0.3 is 6.18 Å². The first-order valence-electron chi connectivity index (χ1n) is 8.14. The maximum Gasteiger partial charge on any atom is 0.418 e. The highest BCUT2D eigenvalue weighted by Gasteiger charge is 2.34. The molecule has 0 fully saturated rings. The lowest BCUT2D eigenvalue weighted by molar-refractivity contribution is -0.137. The molecule has 1 amide bonds. The van der Waals surface area contributed by atoms with Crippen LogP contribution in [0.15, 0.2) is 40.7 Å². The monoisotopic (exact) mass is 403 g/mol. The van der Waals surface area contributed by atoms with Crippen LogP contribution in [0, 0.1) is 0 Å². The number of nitrogens with two attached hydrogens (primary N) is 1. The lowest BCUT2D eigenvalue weighted by Crippen LogP contribution is -2.19. The average molecular weight is 403 g/mol. The van der Waals surface area contributed by atoms with Gasteiger partial charge in [-0.3, -0.25) is 4.79 Å². The number of rotatable bonds is 9. The van der Waals surface area contributed by atoms with Crippen LogP contribution in [0.2, 0.25) is 0 Å². The minimum absolute atomic E-state index is 0.0379. The summed E-state index contributed by atoms with van der Waals surface area (Å²) in [5, 5.41) is 5.16. The molecule has 4 N–H and O–H groups in total. The first kappa shape index (κ1) is 23.1. The molecule has 0 spiro atoms. The van der Waals surface area contributed by atoms with Crippen molar-refractivity contribution in [3.63, 3.8) is 0 Å². The van der Waals surface area contributed by atoms with Crippen LogP contribution < -0.4 is 16.4 Å². The molecular weight excluding hydrogens is 379 g/mol. The summed E-state index contributed by atoms with van der Waals surface area (Å²) in [6.07, 6.45) is -3.02. The van der Waals surface area contributed by atoms with E-state index in [0.29, 0.717) is 9.81 Å². The molecule has 5 nitrogen and oxygen atoms in total. The summed E-state index contributed by atoms with van der Waals surface area (Å²) in [7, 11) is 1.46. The molecule has 0 aliphatic rings. The van der Waals surface area contributed by atoms with E-state index in [1.54, 1.807) is 19.9 Å². The Labute approximate surface area is 161 Å². The molecule has 27 heavy (non-hydrogen) atoms. The van der Waals surface area contributed by atoms with Crippen LogP contribution in [0.1, 0.15) is 19.4 Å². The van der Waals surface area contributed by atoms with Gasteiger partial charge in [-0.1, -0.05) is 24.4 Å². The van der Waals surface area contributed by atoms with Crippen LogP contribution in [0.3, 0.4) is 0 Å². The number of benzene rings is 1. The molecule has 0 radical (unpaired) electrons. The van der Waals surface area contributed by atoms with Gasteiger partial charge in [0.2, 0.25) is 0 Å². The minimum atomic E-state index is -4.57. The summed E-state index contributed by atoms with van der Waals surface area (Å²) in [5.41, 5.74) is 4.79. The lowest BCUT2D eigenvalue weighted by atomic mass is 10.1. The van der Waals surface area contributed by atoms with Crippen molar-refractivity contribution < 1.29 is 22.7 Å². The Morgan fingerprint density at radius 3 is 2.63 bits per heavy atom. The predicted octanol–water partition coefficient (Wildman–Crippen LogP) is 4.20. The summed E-state index contributed by atoms with van der Waals surface area (Å²) >= 11 is 1.09. The van der Waals surface area contributed by atoms with E-state index in [2.05, 4.69) is 17.2 Å². The zero-order valence-corrected chi connectivity index (χ0v) is 16.3. The predicted molar refractivity (Wildman–Crippen MR) is 105 cm³/mol. The van der Waals surface area contributed by atoms with E-state index >= 15 is 0 Å². The number of methoxy groups -OCH3 is 1. The Morgan fingerprint density at radius 1 is 1.44 bits per heavy atom. The standard InChI is InChI=1S/C18H24F3N3O2S/c1-5-16(27-12(3)11(2)22)17(25)24-13-6-7-15(23-8-9-26-4)14(10-13)18(19,20)21/h5-7,10-11,23H,3,8-9,22H2,1-2,4H3,(H,24,25)/b16-5-. The fourth-order valence-corrected chi connectivity index (χ4v) is 2.69. The maximum atomic E-state index is 13.3. The summed E-state index contributed by atoms with van der Waals surface area (Å²) in [5.74, 6) is -0.530. The summed E-state index contributed by atoms with van der Waals surface area (Å²) in [4.78, 5) is 13.2. The Bertz CT molecular complexity index is 704. The third-order valence-electron chi connectivity index (χ3n) is 3.44. The van der Waals surface area contributed by atoms with E-state index in [1.807, 2.05) is 0 Å². The van der Waals surface area contributed by atoms with E-state index in [1.165, 1.54) is 19.2 Å². The molecule has 0 aliphatic heterocycles. The van der Waals surface area contributed by atoms with Gasteiger partial charge < -0.3 is 21.1 Å². The van der Waals surface area contributed by atoms with Crippen molar-refractivity contribution >= 4 is 29.0 Å². The third kappa shape index (κ3) is 7.28. The molecule has 1 aromatic rings. The van der Waals surface area contributed by atoms with E-state index in [4.69, 9.17) is 10.5 Å². The van der Waals surface area contributed by atoms with Gasteiger partial charge in [-0.05, 0) is 37.0 Å². The Balaban J connectivity index is 2.99. The second-order valence-corrected chi connectivity index (χ2v) is 6.81. The highest BCUT2D eigenvalue weighted by molar-refractivity contribution is 8.07. The van der Waals surface area contributed by atoms with Crippen LogP contribution in [0.5, 0.6) is 0 Å². The highest BCUT2D eigenvalue weighted by atomic mass is 32.2. The molecular formula is C18H24F3N3O2S. The van der Waals surface area contributed by atoms with Gasteiger partial charge in [0, 0.05) is 31.1 Å². The van der Waals surface area contributed by atoms with E-state index in [0.717, 1.165) is 17.8 Å². The van der Waals surface area contributed by atoms with E-state index in [-0.39, 0.29) is 30.6 Å². The fraction of sp³-hybridized carbons (Fsp3) is 0.389. The number of alkyl halides is 3. The summed E-state index contributed by atoms with van der Waals surface area (Å²) < 4.78 is 44.8. The van der Waals surface area contributed by atoms with Crippen molar-refractivity contribution in [3.8, 4) is 0 Å². The number of allylic oxidation sites excluding steroid dienone is 1. The van der Waals surface area contributed by atoms with E-state index in [9.17, 15) is 18.0 Å². The van der Waals surface area contributed by atoms with Crippen LogP contribution in [-0.4, -0.2) is 32.2 Å². The zero-order valence-electron chi connectivity index (χ0n) is 15.4. The van der Waals surface area contributed by atoms with E-state index < -0.39 is 17.6 Å². The molecule has 1 rings (SSSR count). The number of hydrogen-bond acceptors (Lipinski definition) is 5. The van der Waals surface area contributed by atoms with Gasteiger partial charge in [0.25, 0.3) is 5.91 Å². The van der Waals surface area contributed by atoms with Crippen LogP contribution >= 0.6 is 11.8 Å². The Morgan fingerprint density at radius 2 is 2.11 bits per heavy atom. The number of amides is 1. The molecule has 150 valence electrons. The lowest BCUT2D eigenvalue weighted by Gasteiger charge is -2.17. The maximum absolute atomic E-state index is 13.3. The zero-order chi connectivity index (χ0) is 20.6. The second-order valence-electron chi connectivity index (χ2n) is 5.64. The van der Waals surface area contributed by atoms with Crippen molar-refractivity contribution in [1.29, 1.82) is 0 Å². The third-order valence-corrected chi connectivity index (χ3v) is 4.71. The average Bonchev–Trinajstić information content (AvgIpc) is 2.59. The van der Waals surface area contributed by atoms with Crippen molar-refractivity contribution in [2.45, 2.75) is 26.1 Å². The number of carbonyl (C=O) groups excluding carboxylic acids is 1. The molecule has 0 aromatic heterocycles. The van der Waals surface area contributed by atoms with Crippen LogP contribution in [0.4, 0.5) is 24.5 Å². The molecule has 1 aromatic carbocycles. The largest absolute Gasteiger partial charge is 0.418 e. The van der Waals surface area contributed by atoms with Gasteiger partial charge in [0.05, 0.1) is 17.1 Å². The summed E-state index contributed by atoms with van der Waals surface area (Å²) in [6.45, 7) is 7.65. The first-order valence-corrected chi connectivity index (χ1v) is 8.95. The number of carbonyl (C=O) groups is 1. The molecule has 0 saturated heterocycles. The SMILES string of the molecule is C=C(S/C(=C\C)C(=O)Nc1ccc(NCCOC)c(C(F)(F)F)c1)C(C)N. The molecule has 0 heterocycles. The van der Waals surface area contributed by atoms with Crippen molar-refractivity contribution in [3.05, 3.63) is 46.2 Å². The Hall–Kier alpha value is -1.97. The molecule has 0 bridgehead atoms. The number of ether oxygens (including phenoxy) is 1. The molecule has 0 aliphatic carbocycles. The van der Waals surface area contributed by atoms with Crippen molar-refractivity contribution in [2.75, 3.05) is 30.9 Å². The number of halogens is 3. The van der Waals surface area contributed by atoms with Gasteiger partial charge in [-0.25, -0.2) is 0 Å². The summed E-state index contributed by atoms with van der Waals surface area (Å²) in [6, 6.07) is 3.25. The van der Waals surface area contributed by atoms with Gasteiger partial charge in [0.15, 0.2) is 0 Å². The smallest absolute Gasteiger partial charge is 0.383 e. The van der Waals surface area contributed by atoms with Crippen molar-refractivity contribution in [1.82, 2.24) is 0 Å². The van der Waals surface area contributed by atoms with Crippen LogP contribution in [0.25, 0.3) is 0 Å². The first-order chi connectivity index (χ1) is 12.6. The quantitative estimate of drug-likeness (QED) is 0.426. The van der Waals surface area contributed by atoms with Gasteiger partial charge in [-0.2, -0.15) is 13.2 Å². The number of anilines is 2. The molecule has 9 heteroatoms. The molecule has 0 saturated carbocycles. The van der Waals surface area contributed by atoms with Crippen molar-refractivity contribution in [2.24, 2.45) is 5.73 Å². The second kappa shape index (κ2) is 10.4. The van der Waals surface area contributed by atoms with Crippen LogP contribution in [-0.2, 0) is 15.7 Å². The number of hydrogen-bond donors (Lipinski definition) is 3. The fourth-order valence-electron chi connectivity index (χ4n) is 1.96. The molecule has 1 atom stereocenters. The van der Waals surface area contributed by atoms with Gasteiger partial charge in [-0.15, -0.1) is 0 Å². The minimum Gasteiger partial charge on any atom is -0.383 e. The topological polar surface area (TPSA) is 76.4 Å². The number of nitrogens with one attached hydrogen (secondary N) is 2. The van der Waals surface area contributed by atoms with Gasteiger partial charge in [0.1, 0.15) is 0 Å². The highest BCUT2D eigenvalue weighted by Crippen LogP contribution is 2.37. The molecule has 1 unspecified atom stereocenters. The Kier molecular flexibility index (Phi) is 8.87.